The minimum absolute atomic E-state index is 0.0568. The Morgan fingerprint density at radius 2 is 1.88 bits per heavy atom. The molecule has 1 N–H and O–H groups in total. The number of carbonyl (C=O) groups is 1. The highest BCUT2D eigenvalue weighted by atomic mass is 32.2. The molecule has 1 aliphatic rings. The average Bonchev–Trinajstić information content (AvgIpc) is 3.17. The van der Waals surface area contributed by atoms with Crippen LogP contribution in [0.1, 0.15) is 41.0 Å². The Hall–Kier alpha value is -3.40. The molecule has 0 unspecified atom stereocenters. The topological polar surface area (TPSA) is 106 Å². The van der Waals surface area contributed by atoms with Crippen LogP contribution in [-0.2, 0) is 5.75 Å². The van der Waals surface area contributed by atoms with Crippen LogP contribution < -0.4 is 10.3 Å². The van der Waals surface area contributed by atoms with Crippen LogP contribution in [-0.4, -0.2) is 38.8 Å². The van der Waals surface area contributed by atoms with Crippen molar-refractivity contribution in [2.24, 2.45) is 0 Å². The molecule has 166 valence electrons. The van der Waals surface area contributed by atoms with Gasteiger partial charge in [-0.25, -0.2) is 4.68 Å². The van der Waals surface area contributed by atoms with Gasteiger partial charge in [0.05, 0.1) is 4.92 Å². The van der Waals surface area contributed by atoms with Crippen molar-refractivity contribution < 1.29 is 9.72 Å². The maximum absolute atomic E-state index is 12.9. The van der Waals surface area contributed by atoms with Gasteiger partial charge in [-0.2, -0.15) is 0 Å². The second-order valence-electron chi connectivity index (χ2n) is 7.59. The molecule has 1 aromatic heterocycles. The standard InChI is InChI=1S/C22H24N6O3S/c1-16-23-24-22(32-15-17-8-4-2-5-9-17)27(16)25-21(29)18-10-11-19(20(14-18)28(30)31)26-12-6-3-7-13-26/h2,4-5,8-11,14H,3,6-7,12-13,15H2,1H3,(H,25,29). The normalized spacial score (nSPS) is 13.7. The molecule has 9 nitrogen and oxygen atoms in total. The van der Waals surface area contributed by atoms with Gasteiger partial charge in [-0.15, -0.1) is 10.2 Å². The fourth-order valence-corrected chi connectivity index (χ4v) is 4.56. The number of aromatic nitrogens is 3. The zero-order chi connectivity index (χ0) is 22.5. The van der Waals surface area contributed by atoms with Crippen LogP contribution in [0.5, 0.6) is 0 Å². The van der Waals surface area contributed by atoms with E-state index in [2.05, 4.69) is 15.6 Å². The number of nitro benzene ring substituents is 1. The first kappa shape index (κ1) is 21.8. The summed E-state index contributed by atoms with van der Waals surface area (Å²) in [5.74, 6) is 0.737. The molecule has 1 amide bonds. The molecule has 2 aromatic carbocycles. The van der Waals surface area contributed by atoms with Crippen molar-refractivity contribution in [2.45, 2.75) is 37.1 Å². The van der Waals surface area contributed by atoms with Gasteiger partial charge in [0.1, 0.15) is 11.5 Å². The molecular formula is C22H24N6O3S. The Labute approximate surface area is 190 Å². The Balaban J connectivity index is 1.52. The quantitative estimate of drug-likeness (QED) is 0.326. The summed E-state index contributed by atoms with van der Waals surface area (Å²) in [7, 11) is 0. The zero-order valence-electron chi connectivity index (χ0n) is 17.7. The fraction of sp³-hybridized carbons (Fsp3) is 0.318. The summed E-state index contributed by atoms with van der Waals surface area (Å²) in [4.78, 5) is 26.2. The van der Waals surface area contributed by atoms with Gasteiger partial charge in [0.2, 0.25) is 5.16 Å². The number of anilines is 1. The van der Waals surface area contributed by atoms with Crippen LogP contribution in [0.25, 0.3) is 0 Å². The van der Waals surface area contributed by atoms with Crippen LogP contribution in [0.2, 0.25) is 0 Å². The van der Waals surface area contributed by atoms with Gasteiger partial charge < -0.3 is 4.90 Å². The van der Waals surface area contributed by atoms with E-state index >= 15 is 0 Å². The van der Waals surface area contributed by atoms with Crippen molar-refractivity contribution in [1.82, 2.24) is 14.9 Å². The molecule has 3 aromatic rings. The predicted octanol–water partition coefficient (Wildman–Crippen LogP) is 4.16. The number of nitrogens with one attached hydrogen (secondary N) is 1. The minimum Gasteiger partial charge on any atom is -0.366 e. The third-order valence-corrected chi connectivity index (χ3v) is 6.35. The Morgan fingerprint density at radius 3 is 2.59 bits per heavy atom. The molecule has 0 bridgehead atoms. The second-order valence-corrected chi connectivity index (χ2v) is 8.53. The molecule has 4 rings (SSSR count). The van der Waals surface area contributed by atoms with Crippen molar-refractivity contribution in [1.29, 1.82) is 0 Å². The first-order chi connectivity index (χ1) is 15.5. The molecular weight excluding hydrogens is 428 g/mol. The lowest BCUT2D eigenvalue weighted by Gasteiger charge is -2.28. The number of carbonyl (C=O) groups excluding carboxylic acids is 1. The summed E-state index contributed by atoms with van der Waals surface area (Å²) in [5.41, 5.74) is 4.61. The number of piperidine rings is 1. The molecule has 0 radical (unpaired) electrons. The SMILES string of the molecule is Cc1nnc(SCc2ccccc2)n1NC(=O)c1ccc(N2CCCCC2)c([N+](=O)[O-])c1. The molecule has 2 heterocycles. The summed E-state index contributed by atoms with van der Waals surface area (Å²) in [6.07, 6.45) is 3.15. The van der Waals surface area contributed by atoms with Gasteiger partial charge in [0.15, 0.2) is 0 Å². The van der Waals surface area contributed by atoms with E-state index in [-0.39, 0.29) is 11.3 Å². The summed E-state index contributed by atoms with van der Waals surface area (Å²) >= 11 is 1.45. The molecule has 1 aliphatic heterocycles. The van der Waals surface area contributed by atoms with Crippen molar-refractivity contribution in [3.63, 3.8) is 0 Å². The minimum atomic E-state index is -0.456. The maximum atomic E-state index is 12.9. The smallest absolute Gasteiger partial charge is 0.293 e. The van der Waals surface area contributed by atoms with Gasteiger partial charge in [-0.05, 0) is 43.9 Å². The van der Waals surface area contributed by atoms with Crippen molar-refractivity contribution in [3.8, 4) is 0 Å². The molecule has 32 heavy (non-hydrogen) atoms. The van der Waals surface area contributed by atoms with Gasteiger partial charge in [0.25, 0.3) is 11.6 Å². The number of rotatable bonds is 7. The number of nitrogens with zero attached hydrogens (tertiary/aromatic N) is 5. The Bertz CT molecular complexity index is 1110. The largest absolute Gasteiger partial charge is 0.366 e. The molecule has 0 aliphatic carbocycles. The van der Waals surface area contributed by atoms with Crippen molar-refractivity contribution >= 4 is 29.0 Å². The third kappa shape index (κ3) is 4.91. The van der Waals surface area contributed by atoms with Crippen molar-refractivity contribution in [3.05, 3.63) is 75.6 Å². The zero-order valence-corrected chi connectivity index (χ0v) is 18.5. The average molecular weight is 453 g/mol. The lowest BCUT2D eigenvalue weighted by molar-refractivity contribution is -0.384. The molecule has 1 fully saturated rings. The van der Waals surface area contributed by atoms with E-state index in [1.807, 2.05) is 35.2 Å². The van der Waals surface area contributed by atoms with Gasteiger partial charge in [0, 0.05) is 30.5 Å². The van der Waals surface area contributed by atoms with Gasteiger partial charge in [-0.1, -0.05) is 42.1 Å². The van der Waals surface area contributed by atoms with E-state index in [1.54, 1.807) is 19.1 Å². The number of benzene rings is 2. The number of thioether (sulfide) groups is 1. The van der Waals surface area contributed by atoms with Crippen LogP contribution in [0.3, 0.4) is 0 Å². The van der Waals surface area contributed by atoms with Crippen molar-refractivity contribution in [2.75, 3.05) is 23.4 Å². The summed E-state index contributed by atoms with van der Waals surface area (Å²) in [6, 6.07) is 14.6. The second kappa shape index (κ2) is 9.82. The lowest BCUT2D eigenvalue weighted by Crippen LogP contribution is -2.30. The van der Waals surface area contributed by atoms with Crippen LogP contribution >= 0.6 is 11.8 Å². The monoisotopic (exact) mass is 452 g/mol. The van der Waals surface area contributed by atoms with E-state index in [4.69, 9.17) is 0 Å². The molecule has 0 atom stereocenters. The summed E-state index contributed by atoms with van der Waals surface area (Å²) < 4.78 is 1.51. The van der Waals surface area contributed by atoms with E-state index in [9.17, 15) is 14.9 Å². The van der Waals surface area contributed by atoms with E-state index in [0.29, 0.717) is 22.4 Å². The van der Waals surface area contributed by atoms with E-state index < -0.39 is 10.8 Å². The number of aryl methyl sites for hydroxylation is 1. The first-order valence-electron chi connectivity index (χ1n) is 10.5. The molecule has 0 saturated carbocycles. The Kier molecular flexibility index (Phi) is 6.69. The summed E-state index contributed by atoms with van der Waals surface area (Å²) in [6.45, 7) is 3.31. The number of hydrogen-bond acceptors (Lipinski definition) is 7. The number of hydrogen-bond donors (Lipinski definition) is 1. The first-order valence-corrected chi connectivity index (χ1v) is 11.4. The van der Waals surface area contributed by atoms with E-state index in [1.165, 1.54) is 22.5 Å². The van der Waals surface area contributed by atoms with Crippen LogP contribution in [0.4, 0.5) is 11.4 Å². The maximum Gasteiger partial charge on any atom is 0.293 e. The summed E-state index contributed by atoms with van der Waals surface area (Å²) in [5, 5.41) is 20.4. The highest BCUT2D eigenvalue weighted by molar-refractivity contribution is 7.98. The lowest BCUT2D eigenvalue weighted by atomic mass is 10.1. The number of amides is 1. The van der Waals surface area contributed by atoms with Gasteiger partial charge in [-0.3, -0.25) is 20.3 Å². The predicted molar refractivity (Wildman–Crippen MR) is 124 cm³/mol. The van der Waals surface area contributed by atoms with Crippen LogP contribution in [0, 0.1) is 17.0 Å². The molecule has 10 heteroatoms. The fourth-order valence-electron chi connectivity index (χ4n) is 3.67. The highest BCUT2D eigenvalue weighted by Crippen LogP contribution is 2.31. The molecule has 1 saturated heterocycles. The van der Waals surface area contributed by atoms with Gasteiger partial charge >= 0.3 is 0 Å². The highest BCUT2D eigenvalue weighted by Gasteiger charge is 2.24. The van der Waals surface area contributed by atoms with Crippen LogP contribution in [0.15, 0.2) is 53.7 Å². The molecule has 0 spiro atoms. The third-order valence-electron chi connectivity index (χ3n) is 5.35. The van der Waals surface area contributed by atoms with E-state index in [0.717, 1.165) is 37.9 Å². The Morgan fingerprint density at radius 1 is 1.12 bits per heavy atom. The number of nitro groups is 1.